The number of aromatic nitrogens is 1. The topological polar surface area (TPSA) is 33.1 Å². The van der Waals surface area contributed by atoms with Crippen molar-refractivity contribution in [2.24, 2.45) is 0 Å². The minimum Gasteiger partial charge on any atom is -0.385 e. The van der Waals surface area contributed by atoms with Crippen molar-refractivity contribution in [3.8, 4) is 0 Å². The lowest BCUT2D eigenvalue weighted by Gasteiger charge is -2.23. The largest absolute Gasteiger partial charge is 0.385 e. The molecular formula is C14H14FNOS. The van der Waals surface area contributed by atoms with E-state index in [9.17, 15) is 9.50 Å². The van der Waals surface area contributed by atoms with Gasteiger partial charge in [-0.2, -0.15) is 0 Å². The molecule has 2 nitrogen and oxygen atoms in total. The second-order valence-corrected chi connectivity index (χ2v) is 5.89. The van der Waals surface area contributed by atoms with Crippen LogP contribution in [0.15, 0.2) is 23.6 Å². The van der Waals surface area contributed by atoms with Crippen molar-refractivity contribution < 1.29 is 9.50 Å². The van der Waals surface area contributed by atoms with Crippen LogP contribution in [0.25, 0.3) is 0 Å². The molecule has 1 aliphatic carbocycles. The van der Waals surface area contributed by atoms with Gasteiger partial charge in [-0.3, -0.25) is 0 Å². The number of thiazole rings is 1. The molecule has 0 fully saturated rings. The standard InChI is InChI=1S/C14H14FNOS/c1-9-16-10(8-18-9)7-14(17)6-5-11-12(14)3-2-4-13(11)15/h2-4,8,17H,5-7H2,1H3. The monoisotopic (exact) mass is 263 g/mol. The number of aryl methyl sites for hydroxylation is 1. The average molecular weight is 263 g/mol. The molecule has 0 saturated heterocycles. The molecule has 0 bridgehead atoms. The predicted octanol–water partition coefficient (Wildman–Crippen LogP) is 2.97. The van der Waals surface area contributed by atoms with Crippen LogP contribution in [0.4, 0.5) is 4.39 Å². The van der Waals surface area contributed by atoms with Gasteiger partial charge in [0.05, 0.1) is 16.3 Å². The van der Waals surface area contributed by atoms with Crippen molar-refractivity contribution in [1.82, 2.24) is 4.98 Å². The molecule has 94 valence electrons. The Kier molecular flexibility index (Phi) is 2.72. The Morgan fingerprint density at radius 3 is 3.06 bits per heavy atom. The second-order valence-electron chi connectivity index (χ2n) is 4.83. The average Bonchev–Trinajstić information content (AvgIpc) is 2.86. The summed E-state index contributed by atoms with van der Waals surface area (Å²) in [5.41, 5.74) is 1.31. The summed E-state index contributed by atoms with van der Waals surface area (Å²) in [5, 5.41) is 13.7. The molecule has 1 aromatic heterocycles. The lowest BCUT2D eigenvalue weighted by Crippen LogP contribution is -2.25. The predicted molar refractivity (Wildman–Crippen MR) is 69.2 cm³/mol. The molecule has 1 unspecified atom stereocenters. The number of aliphatic hydroxyl groups is 1. The summed E-state index contributed by atoms with van der Waals surface area (Å²) >= 11 is 1.57. The second kappa shape index (κ2) is 4.14. The van der Waals surface area contributed by atoms with Gasteiger partial charge >= 0.3 is 0 Å². The van der Waals surface area contributed by atoms with Gasteiger partial charge in [-0.05, 0) is 37.0 Å². The van der Waals surface area contributed by atoms with Gasteiger partial charge < -0.3 is 5.11 Å². The first-order valence-corrected chi connectivity index (χ1v) is 6.88. The van der Waals surface area contributed by atoms with Crippen molar-refractivity contribution in [3.05, 3.63) is 51.2 Å². The summed E-state index contributed by atoms with van der Waals surface area (Å²) in [6, 6.07) is 4.94. The van der Waals surface area contributed by atoms with Crippen molar-refractivity contribution >= 4 is 11.3 Å². The zero-order valence-corrected chi connectivity index (χ0v) is 10.9. The fourth-order valence-corrected chi connectivity index (χ4v) is 3.30. The molecule has 1 atom stereocenters. The van der Waals surface area contributed by atoms with E-state index in [2.05, 4.69) is 4.98 Å². The molecule has 1 aliphatic rings. The van der Waals surface area contributed by atoms with Crippen LogP contribution >= 0.6 is 11.3 Å². The summed E-state index contributed by atoms with van der Waals surface area (Å²) in [6.07, 6.45) is 1.63. The van der Waals surface area contributed by atoms with Crippen LogP contribution in [-0.2, 0) is 18.4 Å². The van der Waals surface area contributed by atoms with Crippen LogP contribution in [0.2, 0.25) is 0 Å². The van der Waals surface area contributed by atoms with Crippen LogP contribution in [0, 0.1) is 12.7 Å². The van der Waals surface area contributed by atoms with E-state index < -0.39 is 5.60 Å². The quantitative estimate of drug-likeness (QED) is 0.903. The van der Waals surface area contributed by atoms with E-state index in [0.29, 0.717) is 24.8 Å². The molecular weight excluding hydrogens is 249 g/mol. The number of rotatable bonds is 2. The number of nitrogens with zero attached hydrogens (tertiary/aromatic N) is 1. The fourth-order valence-electron chi connectivity index (χ4n) is 2.69. The summed E-state index contributed by atoms with van der Waals surface area (Å²) in [4.78, 5) is 4.38. The van der Waals surface area contributed by atoms with E-state index in [-0.39, 0.29) is 5.82 Å². The molecule has 18 heavy (non-hydrogen) atoms. The van der Waals surface area contributed by atoms with E-state index in [4.69, 9.17) is 0 Å². The van der Waals surface area contributed by atoms with E-state index >= 15 is 0 Å². The summed E-state index contributed by atoms with van der Waals surface area (Å²) in [5.74, 6) is -0.210. The van der Waals surface area contributed by atoms with Crippen molar-refractivity contribution in [1.29, 1.82) is 0 Å². The van der Waals surface area contributed by atoms with Gasteiger partial charge in [0.2, 0.25) is 0 Å². The highest BCUT2D eigenvalue weighted by molar-refractivity contribution is 7.09. The first kappa shape index (κ1) is 11.8. The Bertz CT molecular complexity index is 595. The Balaban J connectivity index is 1.96. The number of benzene rings is 1. The van der Waals surface area contributed by atoms with Gasteiger partial charge in [-0.15, -0.1) is 11.3 Å². The zero-order valence-electron chi connectivity index (χ0n) is 10.1. The Morgan fingerprint density at radius 2 is 2.33 bits per heavy atom. The summed E-state index contributed by atoms with van der Waals surface area (Å²) in [7, 11) is 0. The maximum Gasteiger partial charge on any atom is 0.126 e. The Hall–Kier alpha value is -1.26. The van der Waals surface area contributed by atoms with Gasteiger partial charge in [-0.25, -0.2) is 9.37 Å². The number of hydrogen-bond donors (Lipinski definition) is 1. The van der Waals surface area contributed by atoms with Crippen LogP contribution in [-0.4, -0.2) is 10.1 Å². The van der Waals surface area contributed by atoms with Gasteiger partial charge in [0.25, 0.3) is 0 Å². The third kappa shape index (κ3) is 1.85. The number of hydrogen-bond acceptors (Lipinski definition) is 3. The number of fused-ring (bicyclic) bond motifs is 1. The van der Waals surface area contributed by atoms with Crippen LogP contribution < -0.4 is 0 Å². The minimum atomic E-state index is -0.960. The molecule has 1 aromatic carbocycles. The van der Waals surface area contributed by atoms with E-state index in [0.717, 1.165) is 16.3 Å². The molecule has 1 N–H and O–H groups in total. The lowest BCUT2D eigenvalue weighted by molar-refractivity contribution is 0.0381. The lowest BCUT2D eigenvalue weighted by atomic mass is 9.91. The maximum absolute atomic E-state index is 13.7. The molecule has 0 saturated carbocycles. The van der Waals surface area contributed by atoms with Crippen molar-refractivity contribution in [2.45, 2.75) is 31.8 Å². The highest BCUT2D eigenvalue weighted by Crippen LogP contribution is 2.40. The van der Waals surface area contributed by atoms with Gasteiger partial charge in [0, 0.05) is 11.8 Å². The molecule has 0 spiro atoms. The minimum absolute atomic E-state index is 0.210. The SMILES string of the molecule is Cc1nc(CC2(O)CCc3c(F)cccc32)cs1. The molecule has 0 radical (unpaired) electrons. The molecule has 0 amide bonds. The maximum atomic E-state index is 13.7. The Labute approximate surface area is 109 Å². The summed E-state index contributed by atoms with van der Waals surface area (Å²) < 4.78 is 13.7. The number of halogens is 1. The van der Waals surface area contributed by atoms with E-state index in [1.165, 1.54) is 6.07 Å². The first-order valence-electron chi connectivity index (χ1n) is 6.00. The van der Waals surface area contributed by atoms with Gasteiger partial charge in [0.15, 0.2) is 0 Å². The molecule has 2 aromatic rings. The van der Waals surface area contributed by atoms with Crippen molar-refractivity contribution in [2.75, 3.05) is 0 Å². The highest BCUT2D eigenvalue weighted by Gasteiger charge is 2.38. The van der Waals surface area contributed by atoms with E-state index in [1.54, 1.807) is 17.4 Å². The fraction of sp³-hybridized carbons (Fsp3) is 0.357. The highest BCUT2D eigenvalue weighted by atomic mass is 32.1. The van der Waals surface area contributed by atoms with E-state index in [1.807, 2.05) is 18.4 Å². The van der Waals surface area contributed by atoms with Crippen LogP contribution in [0.5, 0.6) is 0 Å². The van der Waals surface area contributed by atoms with Crippen LogP contribution in [0.3, 0.4) is 0 Å². The zero-order chi connectivity index (χ0) is 12.8. The molecule has 3 rings (SSSR count). The molecule has 4 heteroatoms. The van der Waals surface area contributed by atoms with Crippen LogP contribution in [0.1, 0.15) is 28.2 Å². The first-order chi connectivity index (χ1) is 8.58. The third-order valence-electron chi connectivity index (χ3n) is 3.55. The normalized spacial score (nSPS) is 22.2. The van der Waals surface area contributed by atoms with Gasteiger partial charge in [0.1, 0.15) is 5.82 Å². The van der Waals surface area contributed by atoms with Crippen molar-refractivity contribution in [3.63, 3.8) is 0 Å². The smallest absolute Gasteiger partial charge is 0.126 e. The van der Waals surface area contributed by atoms with Gasteiger partial charge in [-0.1, -0.05) is 12.1 Å². The molecule has 0 aliphatic heterocycles. The molecule has 1 heterocycles. The third-order valence-corrected chi connectivity index (χ3v) is 4.37. The summed E-state index contributed by atoms with van der Waals surface area (Å²) in [6.45, 7) is 1.94. The Morgan fingerprint density at radius 1 is 1.50 bits per heavy atom.